The molecule has 0 aliphatic carbocycles. The lowest BCUT2D eigenvalue weighted by Gasteiger charge is -2.26. The Labute approximate surface area is 106 Å². The molecule has 0 aromatic heterocycles. The van der Waals surface area contributed by atoms with Crippen LogP contribution in [0.15, 0.2) is 28.7 Å². The Morgan fingerprint density at radius 3 is 2.69 bits per heavy atom. The van der Waals surface area contributed by atoms with Crippen molar-refractivity contribution in [3.8, 4) is 6.07 Å². The molecule has 0 atom stereocenters. The van der Waals surface area contributed by atoms with E-state index in [1.54, 1.807) is 0 Å². The molecule has 0 spiro atoms. The van der Waals surface area contributed by atoms with Crippen LogP contribution in [-0.2, 0) is 5.41 Å². The van der Waals surface area contributed by atoms with Crippen LogP contribution in [0.1, 0.15) is 25.8 Å². The Balaban J connectivity index is 2.64. The SMILES string of the molecule is CC(C)(CNCCC#N)c1ccccc1Br. The van der Waals surface area contributed by atoms with Gasteiger partial charge in [0.05, 0.1) is 6.07 Å². The average Bonchev–Trinajstić information content (AvgIpc) is 2.25. The molecule has 0 bridgehead atoms. The summed E-state index contributed by atoms with van der Waals surface area (Å²) in [6.45, 7) is 6.03. The number of nitrogens with one attached hydrogen (secondary N) is 1. The first-order valence-corrected chi connectivity index (χ1v) is 6.20. The van der Waals surface area contributed by atoms with E-state index in [0.29, 0.717) is 6.42 Å². The highest BCUT2D eigenvalue weighted by Gasteiger charge is 2.21. The van der Waals surface area contributed by atoms with Gasteiger partial charge in [-0.2, -0.15) is 5.26 Å². The number of nitrogens with zero attached hydrogens (tertiary/aromatic N) is 1. The van der Waals surface area contributed by atoms with Crippen LogP contribution in [0.4, 0.5) is 0 Å². The normalized spacial score (nSPS) is 11.1. The first kappa shape index (κ1) is 13.2. The number of hydrogen-bond donors (Lipinski definition) is 1. The fourth-order valence-electron chi connectivity index (χ4n) is 1.65. The molecule has 0 unspecified atom stereocenters. The molecule has 1 rings (SSSR count). The van der Waals surface area contributed by atoms with Gasteiger partial charge in [0.1, 0.15) is 0 Å². The van der Waals surface area contributed by atoms with Crippen LogP contribution in [0, 0.1) is 11.3 Å². The zero-order valence-corrected chi connectivity index (χ0v) is 11.3. The molecular formula is C13H17BrN2. The van der Waals surface area contributed by atoms with Crippen molar-refractivity contribution in [1.82, 2.24) is 5.32 Å². The molecule has 86 valence electrons. The van der Waals surface area contributed by atoms with E-state index in [4.69, 9.17) is 5.26 Å². The number of benzene rings is 1. The van der Waals surface area contributed by atoms with Gasteiger partial charge in [0.2, 0.25) is 0 Å². The summed E-state index contributed by atoms with van der Waals surface area (Å²) >= 11 is 3.57. The first-order chi connectivity index (χ1) is 7.58. The fraction of sp³-hybridized carbons (Fsp3) is 0.462. The van der Waals surface area contributed by atoms with Crippen molar-refractivity contribution in [2.75, 3.05) is 13.1 Å². The molecule has 0 amide bonds. The topological polar surface area (TPSA) is 35.8 Å². The highest BCUT2D eigenvalue weighted by atomic mass is 79.9. The average molecular weight is 281 g/mol. The van der Waals surface area contributed by atoms with Gasteiger partial charge in [0.25, 0.3) is 0 Å². The zero-order chi connectivity index (χ0) is 12.0. The molecule has 0 saturated carbocycles. The van der Waals surface area contributed by atoms with Crippen molar-refractivity contribution in [1.29, 1.82) is 5.26 Å². The van der Waals surface area contributed by atoms with Crippen LogP contribution < -0.4 is 5.32 Å². The first-order valence-electron chi connectivity index (χ1n) is 5.40. The minimum Gasteiger partial charge on any atom is -0.315 e. The molecule has 0 fully saturated rings. The highest BCUT2D eigenvalue weighted by molar-refractivity contribution is 9.10. The monoisotopic (exact) mass is 280 g/mol. The lowest BCUT2D eigenvalue weighted by atomic mass is 9.84. The van der Waals surface area contributed by atoms with E-state index >= 15 is 0 Å². The Morgan fingerprint density at radius 2 is 2.06 bits per heavy atom. The number of rotatable bonds is 5. The van der Waals surface area contributed by atoms with Crippen LogP contribution in [-0.4, -0.2) is 13.1 Å². The molecule has 1 aromatic rings. The van der Waals surface area contributed by atoms with E-state index < -0.39 is 0 Å². The smallest absolute Gasteiger partial charge is 0.0635 e. The molecule has 0 heterocycles. The third kappa shape index (κ3) is 3.62. The third-order valence-electron chi connectivity index (χ3n) is 2.58. The van der Waals surface area contributed by atoms with Crippen molar-refractivity contribution in [3.63, 3.8) is 0 Å². The summed E-state index contributed by atoms with van der Waals surface area (Å²) in [5.41, 5.74) is 1.36. The van der Waals surface area contributed by atoms with E-state index in [2.05, 4.69) is 59.4 Å². The van der Waals surface area contributed by atoms with E-state index in [0.717, 1.165) is 17.6 Å². The van der Waals surface area contributed by atoms with Crippen molar-refractivity contribution >= 4 is 15.9 Å². The second-order valence-electron chi connectivity index (χ2n) is 4.45. The molecule has 3 heteroatoms. The van der Waals surface area contributed by atoms with Crippen LogP contribution >= 0.6 is 15.9 Å². The molecule has 1 N–H and O–H groups in total. The van der Waals surface area contributed by atoms with Gasteiger partial charge in [-0.3, -0.25) is 0 Å². The molecule has 2 nitrogen and oxygen atoms in total. The Bertz CT molecular complexity index is 380. The van der Waals surface area contributed by atoms with E-state index in [1.807, 2.05) is 6.07 Å². The zero-order valence-electron chi connectivity index (χ0n) is 9.76. The van der Waals surface area contributed by atoms with Gasteiger partial charge in [-0.05, 0) is 11.6 Å². The van der Waals surface area contributed by atoms with Crippen molar-refractivity contribution in [2.24, 2.45) is 0 Å². The maximum Gasteiger partial charge on any atom is 0.0635 e. The summed E-state index contributed by atoms with van der Waals surface area (Å²) < 4.78 is 1.14. The van der Waals surface area contributed by atoms with Gasteiger partial charge < -0.3 is 5.32 Å². The quantitative estimate of drug-likeness (QED) is 0.841. The molecule has 0 radical (unpaired) electrons. The molecule has 16 heavy (non-hydrogen) atoms. The minimum atomic E-state index is 0.0650. The largest absolute Gasteiger partial charge is 0.315 e. The number of nitriles is 1. The van der Waals surface area contributed by atoms with E-state index in [9.17, 15) is 0 Å². The summed E-state index contributed by atoms with van der Waals surface area (Å²) in [5, 5.41) is 11.8. The molecule has 0 aliphatic rings. The summed E-state index contributed by atoms with van der Waals surface area (Å²) in [7, 11) is 0. The Hall–Kier alpha value is -0.850. The number of hydrogen-bond acceptors (Lipinski definition) is 2. The van der Waals surface area contributed by atoms with Crippen molar-refractivity contribution in [2.45, 2.75) is 25.7 Å². The second-order valence-corrected chi connectivity index (χ2v) is 5.30. The summed E-state index contributed by atoms with van der Waals surface area (Å²) in [5.74, 6) is 0. The van der Waals surface area contributed by atoms with Gasteiger partial charge >= 0.3 is 0 Å². The lowest BCUT2D eigenvalue weighted by molar-refractivity contribution is 0.471. The van der Waals surface area contributed by atoms with Gasteiger partial charge in [0, 0.05) is 29.4 Å². The maximum atomic E-state index is 8.46. The molecule has 1 aromatic carbocycles. The van der Waals surface area contributed by atoms with E-state index in [1.165, 1.54) is 5.56 Å². The fourth-order valence-corrected chi connectivity index (χ4v) is 2.47. The summed E-state index contributed by atoms with van der Waals surface area (Å²) in [6.07, 6.45) is 0.562. The predicted molar refractivity (Wildman–Crippen MR) is 70.3 cm³/mol. The van der Waals surface area contributed by atoms with Gasteiger partial charge in [-0.25, -0.2) is 0 Å². The second kappa shape index (κ2) is 6.03. The third-order valence-corrected chi connectivity index (χ3v) is 3.28. The predicted octanol–water partition coefficient (Wildman–Crippen LogP) is 3.23. The Morgan fingerprint density at radius 1 is 1.38 bits per heavy atom. The van der Waals surface area contributed by atoms with Gasteiger partial charge in [-0.15, -0.1) is 0 Å². The van der Waals surface area contributed by atoms with E-state index in [-0.39, 0.29) is 5.41 Å². The highest BCUT2D eigenvalue weighted by Crippen LogP contribution is 2.29. The van der Waals surface area contributed by atoms with Crippen LogP contribution in [0.3, 0.4) is 0 Å². The van der Waals surface area contributed by atoms with Gasteiger partial charge in [-0.1, -0.05) is 48.0 Å². The Kier molecular flexibility index (Phi) is 4.98. The molecule has 0 saturated heterocycles. The van der Waals surface area contributed by atoms with Crippen LogP contribution in [0.2, 0.25) is 0 Å². The lowest BCUT2D eigenvalue weighted by Crippen LogP contribution is -2.33. The van der Waals surface area contributed by atoms with Crippen LogP contribution in [0.5, 0.6) is 0 Å². The van der Waals surface area contributed by atoms with Gasteiger partial charge in [0.15, 0.2) is 0 Å². The van der Waals surface area contributed by atoms with Crippen molar-refractivity contribution < 1.29 is 0 Å². The summed E-state index contributed by atoms with van der Waals surface area (Å²) in [4.78, 5) is 0. The van der Waals surface area contributed by atoms with Crippen molar-refractivity contribution in [3.05, 3.63) is 34.3 Å². The maximum absolute atomic E-state index is 8.46. The number of halogens is 1. The standard InChI is InChI=1S/C13H17BrN2/c1-13(2,10-16-9-5-8-15)11-6-3-4-7-12(11)14/h3-4,6-7,16H,5,9-10H2,1-2H3. The summed E-state index contributed by atoms with van der Waals surface area (Å²) in [6, 6.07) is 10.4. The molecule has 0 aliphatic heterocycles. The minimum absolute atomic E-state index is 0.0650. The van der Waals surface area contributed by atoms with Crippen LogP contribution in [0.25, 0.3) is 0 Å². The molecular weight excluding hydrogens is 264 g/mol.